The number of hydrogen-bond donors (Lipinski definition) is 1. The lowest BCUT2D eigenvalue weighted by Crippen LogP contribution is -2.31. The second kappa shape index (κ2) is 4.04. The molecule has 0 spiro atoms. The molecule has 0 aliphatic carbocycles. The predicted octanol–water partition coefficient (Wildman–Crippen LogP) is 0.744. The number of nitrogens with zero attached hydrogens (tertiary/aromatic N) is 2. The van der Waals surface area contributed by atoms with Crippen LogP contribution >= 0.6 is 11.6 Å². The Kier molecular flexibility index (Phi) is 2.75. The Morgan fingerprint density at radius 1 is 1.80 bits per heavy atom. The van der Waals surface area contributed by atoms with E-state index in [1.165, 1.54) is 0 Å². The fourth-order valence-corrected chi connectivity index (χ4v) is 1.67. The van der Waals surface area contributed by atoms with Gasteiger partial charge in [0.15, 0.2) is 5.82 Å². The second-order valence-corrected chi connectivity index (χ2v) is 3.38. The topological polar surface area (TPSA) is 53.9 Å². The maximum absolute atomic E-state index is 11.6. The van der Waals surface area contributed by atoms with E-state index in [0.29, 0.717) is 18.0 Å². The molecule has 0 saturated heterocycles. The zero-order valence-corrected chi connectivity index (χ0v) is 8.86. The number of esters is 1. The molecule has 0 aromatic carbocycles. The van der Waals surface area contributed by atoms with Crippen molar-refractivity contribution in [2.24, 2.45) is 4.99 Å². The number of hydrogen-bond acceptors (Lipinski definition) is 5. The quantitative estimate of drug-likeness (QED) is 0.430. The molecule has 2 aliphatic heterocycles. The average Bonchev–Trinajstić information content (AvgIpc) is 2.54. The summed E-state index contributed by atoms with van der Waals surface area (Å²) in [4.78, 5) is 15.7. The molecule has 2 rings (SSSR count). The summed E-state index contributed by atoms with van der Waals surface area (Å²) in [5.41, 5.74) is 2.62. The first kappa shape index (κ1) is 10.2. The normalized spacial score (nSPS) is 23.3. The van der Waals surface area contributed by atoms with Crippen molar-refractivity contribution in [2.75, 3.05) is 6.61 Å². The zero-order chi connectivity index (χ0) is 10.8. The molecule has 0 radical (unpaired) electrons. The van der Waals surface area contributed by atoms with Gasteiger partial charge >= 0.3 is 5.97 Å². The summed E-state index contributed by atoms with van der Waals surface area (Å²) in [7, 11) is 0. The van der Waals surface area contributed by atoms with E-state index < -0.39 is 11.5 Å². The number of carbonyl (C=O) groups excluding carboxylic acids is 1. The van der Waals surface area contributed by atoms with E-state index in [0.717, 1.165) is 0 Å². The minimum Gasteiger partial charge on any atom is -0.462 e. The Bertz CT molecular complexity index is 376. The molecular weight excluding hydrogens is 218 g/mol. The standard InChI is InChI=1S/C9H10ClN3O2/c1-2-15-9(14)6-7(10)12-13-5-3-4-11-8(6)13/h3-5,7,12H,2H2,1H3. The highest BCUT2D eigenvalue weighted by molar-refractivity contribution is 6.25. The highest BCUT2D eigenvalue weighted by atomic mass is 35.5. The van der Waals surface area contributed by atoms with Crippen LogP contribution in [0.25, 0.3) is 0 Å². The van der Waals surface area contributed by atoms with Gasteiger partial charge in [0.25, 0.3) is 0 Å². The number of halogens is 1. The Balaban J connectivity index is 2.31. The van der Waals surface area contributed by atoms with E-state index in [-0.39, 0.29) is 0 Å². The van der Waals surface area contributed by atoms with E-state index in [2.05, 4.69) is 10.4 Å². The van der Waals surface area contributed by atoms with Gasteiger partial charge in [0.1, 0.15) is 11.1 Å². The van der Waals surface area contributed by atoms with Crippen LogP contribution in [0.3, 0.4) is 0 Å². The number of ether oxygens (including phenoxy) is 1. The molecule has 0 bridgehead atoms. The Morgan fingerprint density at radius 2 is 2.60 bits per heavy atom. The smallest absolute Gasteiger partial charge is 0.340 e. The summed E-state index contributed by atoms with van der Waals surface area (Å²) in [5, 5.41) is 1.60. The highest BCUT2D eigenvalue weighted by Crippen LogP contribution is 2.26. The molecule has 15 heavy (non-hydrogen) atoms. The van der Waals surface area contributed by atoms with Crippen molar-refractivity contribution in [1.82, 2.24) is 10.4 Å². The van der Waals surface area contributed by atoms with Crippen LogP contribution in [0.2, 0.25) is 0 Å². The lowest BCUT2D eigenvalue weighted by molar-refractivity contribution is -0.138. The molecular formula is C9H10ClN3O2. The first-order chi connectivity index (χ1) is 7.24. The van der Waals surface area contributed by atoms with Crippen molar-refractivity contribution in [3.05, 3.63) is 23.7 Å². The van der Waals surface area contributed by atoms with Crippen LogP contribution in [0.15, 0.2) is 28.7 Å². The van der Waals surface area contributed by atoms with Crippen molar-refractivity contribution in [3.63, 3.8) is 0 Å². The largest absolute Gasteiger partial charge is 0.462 e. The van der Waals surface area contributed by atoms with Gasteiger partial charge in [-0.3, -0.25) is 5.01 Å². The summed E-state index contributed by atoms with van der Waals surface area (Å²) >= 11 is 5.96. The molecule has 0 saturated carbocycles. The van der Waals surface area contributed by atoms with E-state index in [1.54, 1.807) is 30.4 Å². The number of rotatable bonds is 2. The van der Waals surface area contributed by atoms with Gasteiger partial charge in [-0.2, -0.15) is 0 Å². The molecule has 1 N–H and O–H groups in total. The Labute approximate surface area is 92.0 Å². The highest BCUT2D eigenvalue weighted by Gasteiger charge is 2.34. The Hall–Kier alpha value is -1.33. The summed E-state index contributed by atoms with van der Waals surface area (Å²) in [6, 6.07) is 0. The number of hydrazine groups is 1. The van der Waals surface area contributed by atoms with Crippen LogP contribution in [0.1, 0.15) is 6.92 Å². The van der Waals surface area contributed by atoms with Gasteiger partial charge in [0.05, 0.1) is 6.61 Å². The molecule has 2 heterocycles. The van der Waals surface area contributed by atoms with Crippen LogP contribution < -0.4 is 5.43 Å². The molecule has 0 aromatic rings. The van der Waals surface area contributed by atoms with Gasteiger partial charge < -0.3 is 4.74 Å². The third-order valence-corrected chi connectivity index (χ3v) is 2.30. The van der Waals surface area contributed by atoms with Crippen LogP contribution in [0.4, 0.5) is 0 Å². The van der Waals surface area contributed by atoms with Crippen molar-refractivity contribution < 1.29 is 9.53 Å². The van der Waals surface area contributed by atoms with Gasteiger partial charge in [0.2, 0.25) is 0 Å². The van der Waals surface area contributed by atoms with Crippen molar-refractivity contribution in [1.29, 1.82) is 0 Å². The molecule has 1 atom stereocenters. The fraction of sp³-hybridized carbons (Fsp3) is 0.333. The lowest BCUT2D eigenvalue weighted by atomic mass is 10.2. The summed E-state index contributed by atoms with van der Waals surface area (Å²) < 4.78 is 4.90. The summed E-state index contributed by atoms with van der Waals surface area (Å²) in [5.74, 6) is 0.0610. The van der Waals surface area contributed by atoms with Gasteiger partial charge in [-0.05, 0) is 13.0 Å². The van der Waals surface area contributed by atoms with Crippen LogP contribution in [0, 0.1) is 0 Å². The minimum atomic E-state index is -0.598. The monoisotopic (exact) mass is 227 g/mol. The van der Waals surface area contributed by atoms with Crippen molar-refractivity contribution in [3.8, 4) is 0 Å². The van der Waals surface area contributed by atoms with Gasteiger partial charge in [-0.15, -0.1) is 0 Å². The van der Waals surface area contributed by atoms with Crippen LogP contribution in [0.5, 0.6) is 0 Å². The Morgan fingerprint density at radius 3 is 3.33 bits per heavy atom. The summed E-state index contributed by atoms with van der Waals surface area (Å²) in [6.07, 6.45) is 5.08. The van der Waals surface area contributed by atoms with Crippen molar-refractivity contribution >= 4 is 23.8 Å². The second-order valence-electron chi connectivity index (χ2n) is 2.94. The molecule has 6 heteroatoms. The molecule has 80 valence electrons. The molecule has 2 aliphatic rings. The van der Waals surface area contributed by atoms with Gasteiger partial charge in [-0.25, -0.2) is 15.2 Å². The van der Waals surface area contributed by atoms with Crippen LogP contribution in [-0.4, -0.2) is 29.3 Å². The summed E-state index contributed by atoms with van der Waals surface area (Å²) in [6.45, 7) is 2.06. The van der Waals surface area contributed by atoms with Crippen LogP contribution in [-0.2, 0) is 9.53 Å². The van der Waals surface area contributed by atoms with E-state index in [4.69, 9.17) is 16.3 Å². The third-order valence-electron chi connectivity index (χ3n) is 1.99. The molecule has 0 aromatic heterocycles. The number of fused-ring (bicyclic) bond motifs is 1. The lowest BCUT2D eigenvalue weighted by Gasteiger charge is -2.16. The predicted molar refractivity (Wildman–Crippen MR) is 55.9 cm³/mol. The number of alkyl halides is 1. The first-order valence-corrected chi connectivity index (χ1v) is 4.99. The maximum atomic E-state index is 11.6. The average molecular weight is 228 g/mol. The molecule has 0 fully saturated rings. The molecule has 1 unspecified atom stereocenters. The minimum absolute atomic E-state index is 0.318. The van der Waals surface area contributed by atoms with E-state index in [9.17, 15) is 4.79 Å². The fourth-order valence-electron chi connectivity index (χ4n) is 1.38. The van der Waals surface area contributed by atoms with E-state index >= 15 is 0 Å². The SMILES string of the molecule is CCOC(=O)C1=C2N=CC=CN2NC1Cl. The number of nitrogens with one attached hydrogen (secondary N) is 1. The maximum Gasteiger partial charge on any atom is 0.340 e. The number of aliphatic imine (C=N–C) groups is 1. The molecule has 5 nitrogen and oxygen atoms in total. The van der Waals surface area contributed by atoms with E-state index in [1.807, 2.05) is 0 Å². The van der Waals surface area contributed by atoms with Gasteiger partial charge in [0, 0.05) is 12.4 Å². The van der Waals surface area contributed by atoms with Crippen molar-refractivity contribution in [2.45, 2.75) is 12.4 Å². The first-order valence-electron chi connectivity index (χ1n) is 4.55. The number of carbonyl (C=O) groups is 1. The zero-order valence-electron chi connectivity index (χ0n) is 8.11. The van der Waals surface area contributed by atoms with Gasteiger partial charge in [-0.1, -0.05) is 11.6 Å². The number of allylic oxidation sites excluding steroid dienone is 1. The third kappa shape index (κ3) is 1.75. The molecule has 0 amide bonds.